The third-order valence-electron chi connectivity index (χ3n) is 3.17. The van der Waals surface area contributed by atoms with Gasteiger partial charge >= 0.3 is 0 Å². The molecule has 1 heterocycles. The van der Waals surface area contributed by atoms with Gasteiger partial charge in [-0.3, -0.25) is 9.59 Å². The Kier molecular flexibility index (Phi) is 3.74. The Labute approximate surface area is 126 Å². The molecular formula is C16H13FN2O3. The monoisotopic (exact) mass is 300 g/mol. The number of anilines is 2. The molecule has 0 fully saturated rings. The lowest BCUT2D eigenvalue weighted by Crippen LogP contribution is -2.25. The first-order chi connectivity index (χ1) is 10.6. The molecule has 112 valence electrons. The lowest BCUT2D eigenvalue weighted by molar-refractivity contribution is -0.118. The lowest BCUT2D eigenvalue weighted by Gasteiger charge is -2.18. The number of rotatable bonds is 3. The SMILES string of the molecule is O=C(Cc1ccc(F)cc1)Nc1ccc2c(c1)NC(=O)CO2. The maximum Gasteiger partial charge on any atom is 0.262 e. The van der Waals surface area contributed by atoms with Gasteiger partial charge in [0.15, 0.2) is 6.61 Å². The number of fused-ring (bicyclic) bond motifs is 1. The van der Waals surface area contributed by atoms with Gasteiger partial charge in [0.05, 0.1) is 12.1 Å². The zero-order chi connectivity index (χ0) is 15.5. The zero-order valence-corrected chi connectivity index (χ0v) is 11.6. The van der Waals surface area contributed by atoms with Crippen LogP contribution in [0.2, 0.25) is 0 Å². The molecule has 5 nitrogen and oxygen atoms in total. The summed E-state index contributed by atoms with van der Waals surface area (Å²) in [5, 5.41) is 5.40. The van der Waals surface area contributed by atoms with Gasteiger partial charge in [-0.15, -0.1) is 0 Å². The van der Waals surface area contributed by atoms with E-state index in [0.29, 0.717) is 22.7 Å². The van der Waals surface area contributed by atoms with E-state index >= 15 is 0 Å². The summed E-state index contributed by atoms with van der Waals surface area (Å²) in [5.74, 6) is -0.234. The molecule has 0 radical (unpaired) electrons. The van der Waals surface area contributed by atoms with Crippen molar-refractivity contribution in [2.75, 3.05) is 17.2 Å². The van der Waals surface area contributed by atoms with E-state index in [0.717, 1.165) is 0 Å². The summed E-state index contributed by atoms with van der Waals surface area (Å²) in [7, 11) is 0. The van der Waals surface area contributed by atoms with E-state index in [1.807, 2.05) is 0 Å². The van der Waals surface area contributed by atoms with Crippen LogP contribution in [0.1, 0.15) is 5.56 Å². The van der Waals surface area contributed by atoms with Gasteiger partial charge in [0.2, 0.25) is 5.91 Å². The van der Waals surface area contributed by atoms with E-state index in [1.165, 1.54) is 12.1 Å². The number of ether oxygens (including phenoxy) is 1. The third-order valence-corrected chi connectivity index (χ3v) is 3.17. The molecule has 0 aromatic heterocycles. The second kappa shape index (κ2) is 5.85. The molecule has 0 saturated carbocycles. The van der Waals surface area contributed by atoms with Crippen LogP contribution < -0.4 is 15.4 Å². The number of halogens is 1. The molecule has 3 rings (SSSR count). The van der Waals surface area contributed by atoms with E-state index in [9.17, 15) is 14.0 Å². The van der Waals surface area contributed by atoms with Gasteiger partial charge in [0.25, 0.3) is 5.91 Å². The number of amides is 2. The number of carbonyl (C=O) groups excluding carboxylic acids is 2. The summed E-state index contributed by atoms with van der Waals surface area (Å²) < 4.78 is 18.1. The van der Waals surface area contributed by atoms with Crippen molar-refractivity contribution in [1.29, 1.82) is 0 Å². The van der Waals surface area contributed by atoms with Crippen molar-refractivity contribution in [2.45, 2.75) is 6.42 Å². The first kappa shape index (κ1) is 14.1. The van der Waals surface area contributed by atoms with E-state index in [-0.39, 0.29) is 30.7 Å². The Hall–Kier alpha value is -2.89. The average Bonchev–Trinajstić information content (AvgIpc) is 2.49. The van der Waals surface area contributed by atoms with Gasteiger partial charge in [0, 0.05) is 5.69 Å². The van der Waals surface area contributed by atoms with Crippen LogP contribution in [0.4, 0.5) is 15.8 Å². The fourth-order valence-corrected chi connectivity index (χ4v) is 2.15. The first-order valence-electron chi connectivity index (χ1n) is 6.71. The Morgan fingerprint density at radius 2 is 2.00 bits per heavy atom. The minimum atomic E-state index is -0.338. The van der Waals surface area contributed by atoms with Crippen molar-refractivity contribution in [3.05, 3.63) is 53.8 Å². The molecular weight excluding hydrogens is 287 g/mol. The van der Waals surface area contributed by atoms with Crippen molar-refractivity contribution in [1.82, 2.24) is 0 Å². The van der Waals surface area contributed by atoms with Crippen molar-refractivity contribution in [3.63, 3.8) is 0 Å². The van der Waals surface area contributed by atoms with E-state index in [4.69, 9.17) is 4.74 Å². The van der Waals surface area contributed by atoms with Crippen molar-refractivity contribution in [2.24, 2.45) is 0 Å². The molecule has 0 saturated heterocycles. The van der Waals surface area contributed by atoms with Crippen LogP contribution in [-0.4, -0.2) is 18.4 Å². The van der Waals surface area contributed by atoms with Gasteiger partial charge in [0.1, 0.15) is 11.6 Å². The Morgan fingerprint density at radius 3 is 2.77 bits per heavy atom. The fraction of sp³-hybridized carbons (Fsp3) is 0.125. The first-order valence-corrected chi connectivity index (χ1v) is 6.71. The number of carbonyl (C=O) groups is 2. The second-order valence-electron chi connectivity index (χ2n) is 4.90. The maximum absolute atomic E-state index is 12.8. The highest BCUT2D eigenvalue weighted by molar-refractivity contribution is 5.98. The standard InChI is InChI=1S/C16H13FN2O3/c17-11-3-1-10(2-4-11)7-15(20)18-12-5-6-14-13(8-12)19-16(21)9-22-14/h1-6,8H,7,9H2,(H,18,20)(H,19,21). The molecule has 0 spiro atoms. The quantitative estimate of drug-likeness (QED) is 0.914. The Bertz CT molecular complexity index is 729. The highest BCUT2D eigenvalue weighted by atomic mass is 19.1. The number of hydrogen-bond acceptors (Lipinski definition) is 3. The molecule has 2 aromatic carbocycles. The maximum atomic E-state index is 12.8. The number of nitrogens with one attached hydrogen (secondary N) is 2. The summed E-state index contributed by atoms with van der Waals surface area (Å²) in [6.07, 6.45) is 0.139. The zero-order valence-electron chi connectivity index (χ0n) is 11.6. The number of hydrogen-bond donors (Lipinski definition) is 2. The number of benzene rings is 2. The van der Waals surface area contributed by atoms with Crippen molar-refractivity contribution in [3.8, 4) is 5.75 Å². The van der Waals surface area contributed by atoms with Crippen molar-refractivity contribution >= 4 is 23.2 Å². The smallest absolute Gasteiger partial charge is 0.262 e. The third kappa shape index (κ3) is 3.22. The van der Waals surface area contributed by atoms with Crippen LogP contribution in [0, 0.1) is 5.82 Å². The van der Waals surface area contributed by atoms with Gasteiger partial charge in [-0.2, -0.15) is 0 Å². The normalized spacial score (nSPS) is 12.9. The second-order valence-corrected chi connectivity index (χ2v) is 4.90. The molecule has 1 aliphatic heterocycles. The summed E-state index contributed by atoms with van der Waals surface area (Å²) >= 11 is 0. The van der Waals surface area contributed by atoms with Gasteiger partial charge in [-0.05, 0) is 35.9 Å². The Balaban J connectivity index is 1.67. The van der Waals surface area contributed by atoms with Crippen LogP contribution in [0.3, 0.4) is 0 Å². The molecule has 2 N–H and O–H groups in total. The molecule has 0 atom stereocenters. The summed E-state index contributed by atoms with van der Waals surface area (Å²) in [6.45, 7) is -0.0106. The average molecular weight is 300 g/mol. The van der Waals surface area contributed by atoms with Crippen LogP contribution in [0.15, 0.2) is 42.5 Å². The lowest BCUT2D eigenvalue weighted by atomic mass is 10.1. The van der Waals surface area contributed by atoms with Crippen LogP contribution in [0.5, 0.6) is 5.75 Å². The largest absolute Gasteiger partial charge is 0.482 e. The molecule has 6 heteroatoms. The van der Waals surface area contributed by atoms with E-state index in [1.54, 1.807) is 30.3 Å². The fourth-order valence-electron chi connectivity index (χ4n) is 2.15. The highest BCUT2D eigenvalue weighted by Gasteiger charge is 2.16. The van der Waals surface area contributed by atoms with E-state index in [2.05, 4.69) is 10.6 Å². The minimum Gasteiger partial charge on any atom is -0.482 e. The van der Waals surface area contributed by atoms with E-state index < -0.39 is 0 Å². The van der Waals surface area contributed by atoms with Crippen molar-refractivity contribution < 1.29 is 18.7 Å². The highest BCUT2D eigenvalue weighted by Crippen LogP contribution is 2.30. The molecule has 0 bridgehead atoms. The molecule has 22 heavy (non-hydrogen) atoms. The van der Waals surface area contributed by atoms with Gasteiger partial charge < -0.3 is 15.4 Å². The van der Waals surface area contributed by atoms with Crippen LogP contribution in [-0.2, 0) is 16.0 Å². The molecule has 2 aromatic rings. The molecule has 2 amide bonds. The van der Waals surface area contributed by atoms with Gasteiger partial charge in [-0.1, -0.05) is 12.1 Å². The van der Waals surface area contributed by atoms with Crippen LogP contribution >= 0.6 is 0 Å². The topological polar surface area (TPSA) is 67.4 Å². The molecule has 1 aliphatic rings. The Morgan fingerprint density at radius 1 is 1.23 bits per heavy atom. The predicted octanol–water partition coefficient (Wildman–Crippen LogP) is 2.34. The molecule has 0 unspecified atom stereocenters. The summed E-state index contributed by atoms with van der Waals surface area (Å²) in [4.78, 5) is 23.2. The molecule has 0 aliphatic carbocycles. The summed E-state index contributed by atoms with van der Waals surface area (Å²) in [6, 6.07) is 10.8. The predicted molar refractivity (Wildman–Crippen MR) is 79.3 cm³/mol. The van der Waals surface area contributed by atoms with Crippen LogP contribution in [0.25, 0.3) is 0 Å². The summed E-state index contributed by atoms with van der Waals surface area (Å²) in [5.41, 5.74) is 1.79. The minimum absolute atomic E-state index is 0.0106. The van der Waals surface area contributed by atoms with Gasteiger partial charge in [-0.25, -0.2) is 4.39 Å².